The molecule has 1 heterocycles. The molecule has 0 radical (unpaired) electrons. The van der Waals surface area contributed by atoms with E-state index in [4.69, 9.17) is 9.52 Å². The third-order valence-electron chi connectivity index (χ3n) is 3.82. The largest absolute Gasteiger partial charge is 0.422 e. The lowest BCUT2D eigenvalue weighted by Crippen LogP contribution is -2.03. The highest BCUT2D eigenvalue weighted by Crippen LogP contribution is 2.29. The van der Waals surface area contributed by atoms with Crippen molar-refractivity contribution >= 4 is 11.0 Å². The first-order chi connectivity index (χ1) is 11.2. The molecule has 3 N–H and O–H groups in total. The standard InChI is InChI=1S/C18H16O5/c19-8-11-1-3-12(4-2-11)13-5-15(10-21)18-16(6-13)14(9-20)7-17(22)23-18/h1-7,19-21H,8-10H2. The molecule has 0 aliphatic carbocycles. The summed E-state index contributed by atoms with van der Waals surface area (Å²) in [5, 5.41) is 28.8. The van der Waals surface area contributed by atoms with Crippen LogP contribution in [0.2, 0.25) is 0 Å². The van der Waals surface area contributed by atoms with Crippen LogP contribution in [0.15, 0.2) is 51.7 Å². The maximum absolute atomic E-state index is 11.6. The van der Waals surface area contributed by atoms with E-state index in [0.717, 1.165) is 16.7 Å². The van der Waals surface area contributed by atoms with Gasteiger partial charge in [0, 0.05) is 17.0 Å². The van der Waals surface area contributed by atoms with Crippen molar-refractivity contribution in [2.24, 2.45) is 0 Å². The zero-order valence-electron chi connectivity index (χ0n) is 12.3. The number of aliphatic hydroxyl groups is 3. The summed E-state index contributed by atoms with van der Waals surface area (Å²) in [6, 6.07) is 12.2. The molecule has 2 aromatic carbocycles. The van der Waals surface area contributed by atoms with Crippen LogP contribution in [-0.2, 0) is 19.8 Å². The molecule has 0 bridgehead atoms. The maximum Gasteiger partial charge on any atom is 0.336 e. The van der Waals surface area contributed by atoms with Gasteiger partial charge >= 0.3 is 5.63 Å². The van der Waals surface area contributed by atoms with Gasteiger partial charge in [-0.15, -0.1) is 0 Å². The minimum Gasteiger partial charge on any atom is -0.422 e. The summed E-state index contributed by atoms with van der Waals surface area (Å²) in [6.07, 6.45) is 0. The molecule has 118 valence electrons. The molecule has 0 aliphatic rings. The molecule has 0 aliphatic heterocycles. The monoisotopic (exact) mass is 312 g/mol. The zero-order chi connectivity index (χ0) is 16.4. The normalized spacial score (nSPS) is 11.1. The van der Waals surface area contributed by atoms with Gasteiger partial charge < -0.3 is 19.7 Å². The predicted octanol–water partition coefficient (Wildman–Crippen LogP) is 1.94. The van der Waals surface area contributed by atoms with Gasteiger partial charge in [-0.25, -0.2) is 4.79 Å². The van der Waals surface area contributed by atoms with Gasteiger partial charge in [-0.1, -0.05) is 24.3 Å². The summed E-state index contributed by atoms with van der Waals surface area (Å²) in [5.41, 5.74) is 3.20. The Morgan fingerprint density at radius 2 is 1.48 bits per heavy atom. The van der Waals surface area contributed by atoms with Gasteiger partial charge in [-0.2, -0.15) is 0 Å². The van der Waals surface area contributed by atoms with E-state index in [9.17, 15) is 15.0 Å². The van der Waals surface area contributed by atoms with Crippen molar-refractivity contribution in [2.45, 2.75) is 19.8 Å². The van der Waals surface area contributed by atoms with Crippen molar-refractivity contribution in [3.05, 3.63) is 69.6 Å². The van der Waals surface area contributed by atoms with Crippen molar-refractivity contribution in [1.82, 2.24) is 0 Å². The van der Waals surface area contributed by atoms with Crippen LogP contribution in [0.1, 0.15) is 16.7 Å². The third-order valence-corrected chi connectivity index (χ3v) is 3.82. The van der Waals surface area contributed by atoms with E-state index >= 15 is 0 Å². The van der Waals surface area contributed by atoms with E-state index < -0.39 is 5.63 Å². The molecule has 0 unspecified atom stereocenters. The fraction of sp³-hybridized carbons (Fsp3) is 0.167. The van der Waals surface area contributed by atoms with Crippen molar-refractivity contribution < 1.29 is 19.7 Å². The van der Waals surface area contributed by atoms with Crippen LogP contribution in [0.5, 0.6) is 0 Å². The number of rotatable bonds is 4. The van der Waals surface area contributed by atoms with E-state index in [1.807, 2.05) is 30.3 Å². The lowest BCUT2D eigenvalue weighted by molar-refractivity contribution is 0.279. The van der Waals surface area contributed by atoms with Gasteiger partial charge in [0.1, 0.15) is 5.58 Å². The van der Waals surface area contributed by atoms with E-state index in [1.165, 1.54) is 6.07 Å². The van der Waals surface area contributed by atoms with E-state index in [-0.39, 0.29) is 19.8 Å². The van der Waals surface area contributed by atoms with Crippen LogP contribution in [0.4, 0.5) is 0 Å². The highest BCUT2D eigenvalue weighted by molar-refractivity contribution is 5.88. The van der Waals surface area contributed by atoms with Gasteiger partial charge in [0.2, 0.25) is 0 Å². The van der Waals surface area contributed by atoms with Crippen LogP contribution in [-0.4, -0.2) is 15.3 Å². The number of hydrogen-bond donors (Lipinski definition) is 3. The van der Waals surface area contributed by atoms with Crippen molar-refractivity contribution in [3.8, 4) is 11.1 Å². The lowest BCUT2D eigenvalue weighted by Gasteiger charge is -2.10. The molecule has 3 rings (SSSR count). The maximum atomic E-state index is 11.6. The summed E-state index contributed by atoms with van der Waals surface area (Å²) >= 11 is 0. The summed E-state index contributed by atoms with van der Waals surface area (Å²) in [6.45, 7) is -0.601. The third kappa shape index (κ3) is 2.90. The fourth-order valence-electron chi connectivity index (χ4n) is 2.62. The molecule has 0 saturated carbocycles. The van der Waals surface area contributed by atoms with Gasteiger partial charge in [0.25, 0.3) is 0 Å². The van der Waals surface area contributed by atoms with Crippen molar-refractivity contribution in [2.75, 3.05) is 0 Å². The van der Waals surface area contributed by atoms with Crippen LogP contribution < -0.4 is 5.63 Å². The smallest absolute Gasteiger partial charge is 0.336 e. The summed E-state index contributed by atoms with van der Waals surface area (Å²) < 4.78 is 5.19. The molecule has 0 amide bonds. The van der Waals surface area contributed by atoms with Crippen LogP contribution in [0.3, 0.4) is 0 Å². The summed E-state index contributed by atoms with van der Waals surface area (Å²) in [7, 11) is 0. The number of fused-ring (bicyclic) bond motifs is 1. The van der Waals surface area contributed by atoms with E-state index in [1.54, 1.807) is 6.07 Å². The first-order valence-corrected chi connectivity index (χ1v) is 7.18. The molecular formula is C18H16O5. The van der Waals surface area contributed by atoms with Gasteiger partial charge in [0.15, 0.2) is 0 Å². The highest BCUT2D eigenvalue weighted by Gasteiger charge is 2.12. The van der Waals surface area contributed by atoms with E-state index in [2.05, 4.69) is 0 Å². The Labute approximate surface area is 132 Å². The topological polar surface area (TPSA) is 90.9 Å². The van der Waals surface area contributed by atoms with Gasteiger partial charge in [-0.3, -0.25) is 0 Å². The Morgan fingerprint density at radius 1 is 0.783 bits per heavy atom. The Hall–Kier alpha value is -2.47. The zero-order valence-corrected chi connectivity index (χ0v) is 12.3. The second kappa shape index (κ2) is 6.34. The average Bonchev–Trinajstić information content (AvgIpc) is 2.60. The van der Waals surface area contributed by atoms with Gasteiger partial charge in [-0.05, 0) is 34.4 Å². The number of hydrogen-bond acceptors (Lipinski definition) is 5. The molecular weight excluding hydrogens is 296 g/mol. The quantitative estimate of drug-likeness (QED) is 0.640. The molecule has 5 nitrogen and oxygen atoms in total. The minimum atomic E-state index is -0.559. The molecule has 23 heavy (non-hydrogen) atoms. The Bertz CT molecular complexity index is 894. The second-order valence-electron chi connectivity index (χ2n) is 5.27. The highest BCUT2D eigenvalue weighted by atomic mass is 16.4. The molecule has 3 aromatic rings. The van der Waals surface area contributed by atoms with Gasteiger partial charge in [0.05, 0.1) is 19.8 Å². The summed E-state index contributed by atoms with van der Waals surface area (Å²) in [5.74, 6) is 0. The molecule has 0 spiro atoms. The van der Waals surface area contributed by atoms with Crippen molar-refractivity contribution in [3.63, 3.8) is 0 Å². The fourth-order valence-corrected chi connectivity index (χ4v) is 2.62. The Morgan fingerprint density at radius 3 is 2.09 bits per heavy atom. The summed E-state index contributed by atoms with van der Waals surface area (Å²) in [4.78, 5) is 11.6. The Kier molecular flexibility index (Phi) is 4.25. The lowest BCUT2D eigenvalue weighted by atomic mass is 9.97. The Balaban J connectivity index is 2.25. The number of aliphatic hydroxyl groups excluding tert-OH is 3. The van der Waals surface area contributed by atoms with Crippen LogP contribution >= 0.6 is 0 Å². The minimum absolute atomic E-state index is 0.0281. The first kappa shape index (κ1) is 15.4. The van der Waals surface area contributed by atoms with Crippen molar-refractivity contribution in [1.29, 1.82) is 0 Å². The van der Waals surface area contributed by atoms with Crippen LogP contribution in [0, 0.1) is 0 Å². The van der Waals surface area contributed by atoms with E-state index in [0.29, 0.717) is 22.1 Å². The number of benzene rings is 2. The second-order valence-corrected chi connectivity index (χ2v) is 5.27. The molecule has 0 saturated heterocycles. The molecule has 0 atom stereocenters. The predicted molar refractivity (Wildman–Crippen MR) is 85.7 cm³/mol. The first-order valence-electron chi connectivity index (χ1n) is 7.18. The molecule has 0 fully saturated rings. The molecule has 5 heteroatoms. The average molecular weight is 312 g/mol. The van der Waals surface area contributed by atoms with Crippen LogP contribution in [0.25, 0.3) is 22.1 Å². The molecule has 1 aromatic heterocycles. The SMILES string of the molecule is O=c1cc(CO)c2cc(-c3ccc(CO)cc3)cc(CO)c2o1.